The molecule has 1 nitrogen and oxygen atoms in total. The molecule has 0 amide bonds. The molecule has 0 aliphatic heterocycles. The number of hydrogen-bond acceptors (Lipinski definition) is 1. The highest BCUT2D eigenvalue weighted by Gasteiger charge is 2.09. The van der Waals surface area contributed by atoms with E-state index >= 15 is 0 Å². The molecule has 0 spiro atoms. The molecule has 0 N–H and O–H groups in total. The number of halogens is 2. The maximum Gasteiger partial charge on any atom is 0.150 e. The monoisotopic (exact) mass is 232 g/mol. The van der Waals surface area contributed by atoms with Crippen LogP contribution in [0.5, 0.6) is 0 Å². The maximum atomic E-state index is 13.8. The summed E-state index contributed by atoms with van der Waals surface area (Å²) >= 11 is 0. The van der Waals surface area contributed by atoms with E-state index in [9.17, 15) is 13.6 Å². The molecule has 0 bridgehead atoms. The lowest BCUT2D eigenvalue weighted by Crippen LogP contribution is -1.91. The van der Waals surface area contributed by atoms with E-state index in [-0.39, 0.29) is 5.56 Å². The highest BCUT2D eigenvalue weighted by molar-refractivity contribution is 5.77. The van der Waals surface area contributed by atoms with Crippen molar-refractivity contribution >= 4 is 6.29 Å². The Hall–Kier alpha value is -2.03. The van der Waals surface area contributed by atoms with Crippen molar-refractivity contribution in [1.82, 2.24) is 0 Å². The first-order valence-corrected chi connectivity index (χ1v) is 5.13. The lowest BCUT2D eigenvalue weighted by molar-refractivity contribution is 0.112. The Kier molecular flexibility index (Phi) is 3.00. The minimum Gasteiger partial charge on any atom is -0.298 e. The third-order valence-electron chi connectivity index (χ3n) is 2.62. The molecule has 0 radical (unpaired) electrons. The SMILES string of the molecule is Cc1ccc(F)cc1-c1ccc(C=O)cc1F. The standard InChI is InChI=1S/C14H10F2O/c1-9-2-4-11(15)7-13(9)12-5-3-10(8-17)6-14(12)16/h2-8H,1H3. The van der Waals surface area contributed by atoms with Crippen molar-refractivity contribution in [3.63, 3.8) is 0 Å². The van der Waals surface area contributed by atoms with Gasteiger partial charge in [0.1, 0.15) is 17.9 Å². The van der Waals surface area contributed by atoms with Crippen molar-refractivity contribution in [3.8, 4) is 11.1 Å². The Morgan fingerprint density at radius 2 is 1.76 bits per heavy atom. The van der Waals surface area contributed by atoms with Crippen LogP contribution in [0.25, 0.3) is 11.1 Å². The first kappa shape index (κ1) is 11.5. The first-order chi connectivity index (χ1) is 8.11. The number of hydrogen-bond donors (Lipinski definition) is 0. The second-order valence-corrected chi connectivity index (χ2v) is 3.82. The van der Waals surface area contributed by atoms with Crippen LogP contribution in [0.1, 0.15) is 15.9 Å². The van der Waals surface area contributed by atoms with Crippen LogP contribution in [0.3, 0.4) is 0 Å². The molecular formula is C14H10F2O. The largest absolute Gasteiger partial charge is 0.298 e. The Morgan fingerprint density at radius 1 is 1.00 bits per heavy atom. The van der Waals surface area contributed by atoms with Gasteiger partial charge in [0, 0.05) is 11.1 Å². The Bertz CT molecular complexity index is 576. The average molecular weight is 232 g/mol. The van der Waals surface area contributed by atoms with E-state index in [1.807, 2.05) is 0 Å². The van der Waals surface area contributed by atoms with Gasteiger partial charge in [-0.3, -0.25) is 4.79 Å². The van der Waals surface area contributed by atoms with Gasteiger partial charge in [-0.05, 0) is 36.2 Å². The van der Waals surface area contributed by atoms with Gasteiger partial charge in [0.05, 0.1) is 0 Å². The fraction of sp³-hybridized carbons (Fsp3) is 0.0714. The maximum absolute atomic E-state index is 13.8. The summed E-state index contributed by atoms with van der Waals surface area (Å²) in [5, 5.41) is 0. The topological polar surface area (TPSA) is 17.1 Å². The smallest absolute Gasteiger partial charge is 0.150 e. The summed E-state index contributed by atoms with van der Waals surface area (Å²) in [6, 6.07) is 8.35. The van der Waals surface area contributed by atoms with E-state index in [0.717, 1.165) is 11.6 Å². The zero-order chi connectivity index (χ0) is 12.4. The molecule has 0 saturated carbocycles. The first-order valence-electron chi connectivity index (χ1n) is 5.13. The van der Waals surface area contributed by atoms with Crippen molar-refractivity contribution in [1.29, 1.82) is 0 Å². The van der Waals surface area contributed by atoms with Crippen molar-refractivity contribution in [2.24, 2.45) is 0 Å². The van der Waals surface area contributed by atoms with E-state index in [1.165, 1.54) is 24.3 Å². The summed E-state index contributed by atoms with van der Waals surface area (Å²) in [5.41, 5.74) is 1.84. The van der Waals surface area contributed by atoms with E-state index in [0.29, 0.717) is 17.4 Å². The molecule has 86 valence electrons. The molecular weight excluding hydrogens is 222 g/mol. The summed E-state index contributed by atoms with van der Waals surface area (Å²) < 4.78 is 26.9. The highest BCUT2D eigenvalue weighted by Crippen LogP contribution is 2.27. The Balaban J connectivity index is 2.60. The van der Waals surface area contributed by atoms with Crippen molar-refractivity contribution in [3.05, 3.63) is 59.2 Å². The lowest BCUT2D eigenvalue weighted by atomic mass is 9.99. The Morgan fingerprint density at radius 3 is 2.41 bits per heavy atom. The van der Waals surface area contributed by atoms with Crippen LogP contribution in [0.4, 0.5) is 8.78 Å². The summed E-state index contributed by atoms with van der Waals surface area (Å²) in [6.45, 7) is 1.78. The van der Waals surface area contributed by atoms with E-state index in [4.69, 9.17) is 0 Å². The van der Waals surface area contributed by atoms with Crippen LogP contribution in [0.2, 0.25) is 0 Å². The molecule has 0 aliphatic carbocycles. The molecule has 0 saturated heterocycles. The second kappa shape index (κ2) is 4.45. The minimum atomic E-state index is -0.525. The summed E-state index contributed by atoms with van der Waals surface area (Å²) in [6.07, 6.45) is 0.575. The van der Waals surface area contributed by atoms with Crippen molar-refractivity contribution in [2.75, 3.05) is 0 Å². The summed E-state index contributed by atoms with van der Waals surface area (Å²) in [5.74, 6) is -0.937. The number of carbonyl (C=O) groups excluding carboxylic acids is 1. The molecule has 2 aromatic rings. The van der Waals surface area contributed by atoms with Crippen LogP contribution in [-0.4, -0.2) is 6.29 Å². The van der Waals surface area contributed by atoms with Gasteiger partial charge in [0.25, 0.3) is 0 Å². The number of benzene rings is 2. The Labute approximate surface area is 97.7 Å². The van der Waals surface area contributed by atoms with Gasteiger partial charge in [0.15, 0.2) is 0 Å². The fourth-order valence-electron chi connectivity index (χ4n) is 1.71. The molecule has 2 rings (SSSR count). The van der Waals surface area contributed by atoms with Gasteiger partial charge in [-0.15, -0.1) is 0 Å². The summed E-state index contributed by atoms with van der Waals surface area (Å²) in [7, 11) is 0. The molecule has 0 heterocycles. The molecule has 3 heteroatoms. The van der Waals surface area contributed by atoms with Crippen LogP contribution in [-0.2, 0) is 0 Å². The van der Waals surface area contributed by atoms with Gasteiger partial charge in [-0.1, -0.05) is 18.2 Å². The zero-order valence-corrected chi connectivity index (χ0v) is 9.21. The molecule has 2 aromatic carbocycles. The third-order valence-corrected chi connectivity index (χ3v) is 2.62. The number of aldehydes is 1. The van der Waals surface area contributed by atoms with Gasteiger partial charge in [0.2, 0.25) is 0 Å². The van der Waals surface area contributed by atoms with E-state index < -0.39 is 11.6 Å². The van der Waals surface area contributed by atoms with E-state index in [1.54, 1.807) is 13.0 Å². The van der Waals surface area contributed by atoms with Crippen LogP contribution in [0, 0.1) is 18.6 Å². The number of carbonyl (C=O) groups is 1. The van der Waals surface area contributed by atoms with Gasteiger partial charge < -0.3 is 0 Å². The minimum absolute atomic E-state index is 0.264. The predicted molar refractivity (Wildman–Crippen MR) is 61.9 cm³/mol. The number of aryl methyl sites for hydroxylation is 1. The van der Waals surface area contributed by atoms with Gasteiger partial charge >= 0.3 is 0 Å². The molecule has 0 aromatic heterocycles. The zero-order valence-electron chi connectivity index (χ0n) is 9.21. The predicted octanol–water partition coefficient (Wildman–Crippen LogP) is 3.75. The fourth-order valence-corrected chi connectivity index (χ4v) is 1.71. The van der Waals surface area contributed by atoms with E-state index in [2.05, 4.69) is 0 Å². The average Bonchev–Trinajstić information content (AvgIpc) is 2.32. The van der Waals surface area contributed by atoms with Crippen molar-refractivity contribution in [2.45, 2.75) is 6.92 Å². The number of rotatable bonds is 2. The molecule has 0 fully saturated rings. The molecule has 0 atom stereocenters. The third kappa shape index (κ3) is 2.23. The van der Waals surface area contributed by atoms with Crippen molar-refractivity contribution < 1.29 is 13.6 Å². The highest BCUT2D eigenvalue weighted by atomic mass is 19.1. The molecule has 0 unspecified atom stereocenters. The van der Waals surface area contributed by atoms with Crippen LogP contribution >= 0.6 is 0 Å². The molecule has 17 heavy (non-hydrogen) atoms. The van der Waals surface area contributed by atoms with Gasteiger partial charge in [-0.2, -0.15) is 0 Å². The molecule has 0 aliphatic rings. The second-order valence-electron chi connectivity index (χ2n) is 3.82. The normalized spacial score (nSPS) is 10.3. The van der Waals surface area contributed by atoms with Crippen LogP contribution < -0.4 is 0 Å². The van der Waals surface area contributed by atoms with Gasteiger partial charge in [-0.25, -0.2) is 8.78 Å². The van der Waals surface area contributed by atoms with Crippen LogP contribution in [0.15, 0.2) is 36.4 Å². The quantitative estimate of drug-likeness (QED) is 0.720. The summed E-state index contributed by atoms with van der Waals surface area (Å²) in [4.78, 5) is 10.5. The lowest BCUT2D eigenvalue weighted by Gasteiger charge is -2.07.